The van der Waals surface area contributed by atoms with Crippen LogP contribution in [0.1, 0.15) is 20.7 Å². The van der Waals surface area contributed by atoms with Gasteiger partial charge in [0.1, 0.15) is 12.3 Å². The fraction of sp³-hybridized carbons (Fsp3) is 0.125. The Morgan fingerprint density at radius 2 is 1.69 bits per heavy atom. The summed E-state index contributed by atoms with van der Waals surface area (Å²) in [6.07, 6.45) is 1.35. The summed E-state index contributed by atoms with van der Waals surface area (Å²) in [5.41, 5.74) is 0.875. The van der Waals surface area contributed by atoms with Gasteiger partial charge in [0, 0.05) is 11.9 Å². The Hall–Kier alpha value is -4.93. The molecular formula is C24H21N5O6. The number of methoxy groups -OCH3 is 2. The number of nitrogens with zero attached hydrogens (tertiary/aromatic N) is 3. The molecular weight excluding hydrogens is 454 g/mol. The quantitative estimate of drug-likeness (QED) is 0.392. The predicted octanol–water partition coefficient (Wildman–Crippen LogP) is 2.18. The van der Waals surface area contributed by atoms with Crippen LogP contribution in [-0.2, 0) is 16.1 Å². The first kappa shape index (κ1) is 23.2. The fourth-order valence-electron chi connectivity index (χ4n) is 3.34. The zero-order valence-electron chi connectivity index (χ0n) is 18.8. The number of aromatic nitrogens is 3. The number of anilines is 2. The Morgan fingerprint density at radius 1 is 0.943 bits per heavy atom. The average molecular weight is 475 g/mol. The number of amides is 2. The summed E-state index contributed by atoms with van der Waals surface area (Å²) in [5.74, 6) is -0.939. The Morgan fingerprint density at radius 3 is 2.40 bits per heavy atom. The molecule has 11 nitrogen and oxygen atoms in total. The topological polar surface area (TPSA) is 133 Å². The van der Waals surface area contributed by atoms with Crippen molar-refractivity contribution in [3.05, 3.63) is 88.5 Å². The van der Waals surface area contributed by atoms with Crippen LogP contribution in [0.5, 0.6) is 5.75 Å². The highest BCUT2D eigenvalue weighted by Gasteiger charge is 2.16. The minimum absolute atomic E-state index is 0.179. The molecule has 0 aliphatic rings. The number of para-hydroxylation sites is 1. The van der Waals surface area contributed by atoms with E-state index in [4.69, 9.17) is 9.47 Å². The predicted molar refractivity (Wildman–Crippen MR) is 127 cm³/mol. The van der Waals surface area contributed by atoms with Crippen LogP contribution in [0.15, 0.2) is 71.7 Å². The summed E-state index contributed by atoms with van der Waals surface area (Å²) >= 11 is 0. The standard InChI is InChI=1S/C24H21N5O6/c1-34-17-10-8-16(9-11-17)25-22(31)15-7-12-20-27-29(24(33)28(20)13-15)14-21(30)26-19-6-4-3-5-18(19)23(32)35-2/h3-13H,14H2,1-2H3,(H,25,31)(H,26,30). The third-order valence-electron chi connectivity index (χ3n) is 5.09. The summed E-state index contributed by atoms with van der Waals surface area (Å²) in [5, 5.41) is 9.47. The van der Waals surface area contributed by atoms with Crippen LogP contribution < -0.4 is 21.1 Å². The third-order valence-corrected chi connectivity index (χ3v) is 5.09. The van der Waals surface area contributed by atoms with Gasteiger partial charge in [0.25, 0.3) is 5.91 Å². The van der Waals surface area contributed by atoms with Crippen LogP contribution in [0.4, 0.5) is 11.4 Å². The van der Waals surface area contributed by atoms with Crippen molar-refractivity contribution in [1.29, 1.82) is 0 Å². The molecule has 0 bridgehead atoms. The van der Waals surface area contributed by atoms with Crippen molar-refractivity contribution in [2.75, 3.05) is 24.9 Å². The molecule has 2 amide bonds. The van der Waals surface area contributed by atoms with Crippen molar-refractivity contribution in [1.82, 2.24) is 14.2 Å². The second-order valence-electron chi connectivity index (χ2n) is 7.35. The SMILES string of the molecule is COC(=O)c1ccccc1NC(=O)Cn1nc2ccc(C(=O)Nc3ccc(OC)cc3)cn2c1=O. The number of esters is 1. The van der Waals surface area contributed by atoms with E-state index in [0.717, 1.165) is 4.68 Å². The Labute approximate surface area is 198 Å². The van der Waals surface area contributed by atoms with Crippen LogP contribution in [-0.4, -0.2) is 46.2 Å². The lowest BCUT2D eigenvalue weighted by atomic mass is 10.2. The summed E-state index contributed by atoms with van der Waals surface area (Å²) < 4.78 is 12.0. The summed E-state index contributed by atoms with van der Waals surface area (Å²) in [4.78, 5) is 49.9. The lowest BCUT2D eigenvalue weighted by molar-refractivity contribution is -0.117. The van der Waals surface area contributed by atoms with Crippen LogP contribution >= 0.6 is 0 Å². The number of carbonyl (C=O) groups is 3. The molecule has 4 aromatic rings. The summed E-state index contributed by atoms with van der Waals surface area (Å²) in [6, 6.07) is 16.2. The van der Waals surface area contributed by atoms with Crippen molar-refractivity contribution in [2.24, 2.45) is 0 Å². The van der Waals surface area contributed by atoms with E-state index in [1.165, 1.54) is 35.9 Å². The van der Waals surface area contributed by atoms with Crippen LogP contribution in [0.3, 0.4) is 0 Å². The number of pyridine rings is 1. The van der Waals surface area contributed by atoms with Gasteiger partial charge in [0.05, 0.1) is 31.0 Å². The molecule has 0 spiro atoms. The largest absolute Gasteiger partial charge is 0.497 e. The lowest BCUT2D eigenvalue weighted by Gasteiger charge is -2.09. The molecule has 178 valence electrons. The molecule has 35 heavy (non-hydrogen) atoms. The molecule has 2 N–H and O–H groups in total. The second-order valence-corrected chi connectivity index (χ2v) is 7.35. The summed E-state index contributed by atoms with van der Waals surface area (Å²) in [6.45, 7) is -0.399. The van der Waals surface area contributed by atoms with Crippen molar-refractivity contribution in [2.45, 2.75) is 6.54 Å². The molecule has 0 saturated carbocycles. The lowest BCUT2D eigenvalue weighted by Crippen LogP contribution is -2.28. The van der Waals surface area contributed by atoms with E-state index in [1.54, 1.807) is 49.6 Å². The fourth-order valence-corrected chi connectivity index (χ4v) is 3.34. The number of hydrogen-bond donors (Lipinski definition) is 2. The highest BCUT2D eigenvalue weighted by molar-refractivity contribution is 6.04. The average Bonchev–Trinajstić information content (AvgIpc) is 3.18. The van der Waals surface area contributed by atoms with E-state index >= 15 is 0 Å². The van der Waals surface area contributed by atoms with Crippen LogP contribution in [0, 0.1) is 0 Å². The van der Waals surface area contributed by atoms with Gasteiger partial charge in [-0.3, -0.25) is 9.59 Å². The van der Waals surface area contributed by atoms with Crippen molar-refractivity contribution in [3.8, 4) is 5.75 Å². The normalized spacial score (nSPS) is 10.6. The summed E-state index contributed by atoms with van der Waals surface area (Å²) in [7, 11) is 2.79. The minimum atomic E-state index is -0.605. The molecule has 11 heteroatoms. The van der Waals surface area contributed by atoms with Crippen LogP contribution in [0.2, 0.25) is 0 Å². The minimum Gasteiger partial charge on any atom is -0.497 e. The molecule has 0 unspecified atom stereocenters. The number of carbonyl (C=O) groups excluding carboxylic acids is 3. The monoisotopic (exact) mass is 475 g/mol. The van der Waals surface area contributed by atoms with Crippen molar-refractivity contribution in [3.63, 3.8) is 0 Å². The number of fused-ring (bicyclic) bond motifs is 1. The number of ether oxygens (including phenoxy) is 2. The molecule has 0 aliphatic carbocycles. The zero-order valence-corrected chi connectivity index (χ0v) is 18.8. The molecule has 0 saturated heterocycles. The van der Waals surface area contributed by atoms with E-state index in [2.05, 4.69) is 15.7 Å². The van der Waals surface area contributed by atoms with Gasteiger partial charge in [-0.15, -0.1) is 5.10 Å². The highest BCUT2D eigenvalue weighted by atomic mass is 16.5. The Bertz CT molecular complexity index is 1470. The van der Waals surface area contributed by atoms with Crippen LogP contribution in [0.25, 0.3) is 5.65 Å². The Kier molecular flexibility index (Phi) is 6.58. The van der Waals surface area contributed by atoms with Gasteiger partial charge < -0.3 is 20.1 Å². The Balaban J connectivity index is 1.51. The van der Waals surface area contributed by atoms with Gasteiger partial charge in [-0.1, -0.05) is 12.1 Å². The van der Waals surface area contributed by atoms with Crippen molar-refractivity contribution >= 4 is 34.8 Å². The van der Waals surface area contributed by atoms with Crippen molar-refractivity contribution < 1.29 is 23.9 Å². The molecule has 2 heterocycles. The number of hydrogen-bond acceptors (Lipinski definition) is 7. The van der Waals surface area contributed by atoms with Gasteiger partial charge in [-0.25, -0.2) is 18.7 Å². The van der Waals surface area contributed by atoms with Gasteiger partial charge in [0.2, 0.25) is 5.91 Å². The number of rotatable bonds is 7. The molecule has 4 rings (SSSR count). The highest BCUT2D eigenvalue weighted by Crippen LogP contribution is 2.17. The maximum atomic E-state index is 12.8. The van der Waals surface area contributed by atoms with Gasteiger partial charge >= 0.3 is 11.7 Å². The van der Waals surface area contributed by atoms with E-state index in [1.807, 2.05) is 0 Å². The maximum Gasteiger partial charge on any atom is 0.350 e. The number of nitrogens with one attached hydrogen (secondary N) is 2. The first-order valence-corrected chi connectivity index (χ1v) is 10.4. The van der Waals surface area contributed by atoms with Gasteiger partial charge in [-0.2, -0.15) is 0 Å². The molecule has 0 atom stereocenters. The van der Waals surface area contributed by atoms with Gasteiger partial charge in [-0.05, 0) is 48.5 Å². The molecule has 0 radical (unpaired) electrons. The van der Waals surface area contributed by atoms with E-state index in [0.29, 0.717) is 11.4 Å². The molecule has 0 aliphatic heterocycles. The van der Waals surface area contributed by atoms with E-state index in [9.17, 15) is 19.2 Å². The first-order chi connectivity index (χ1) is 16.9. The first-order valence-electron chi connectivity index (χ1n) is 10.4. The van der Waals surface area contributed by atoms with Gasteiger partial charge in [0.15, 0.2) is 5.65 Å². The second kappa shape index (κ2) is 9.91. The molecule has 2 aromatic carbocycles. The number of benzene rings is 2. The smallest absolute Gasteiger partial charge is 0.350 e. The van der Waals surface area contributed by atoms with E-state index in [-0.39, 0.29) is 22.5 Å². The zero-order chi connectivity index (χ0) is 24.9. The third kappa shape index (κ3) is 5.03. The van der Waals surface area contributed by atoms with E-state index < -0.39 is 30.0 Å². The maximum absolute atomic E-state index is 12.8. The molecule has 2 aromatic heterocycles. The molecule has 0 fully saturated rings.